The molecule has 4 N–H and O–H groups in total. The third kappa shape index (κ3) is 2.96. The molecule has 4 nitrogen and oxygen atoms in total. The van der Waals surface area contributed by atoms with E-state index in [0.29, 0.717) is 6.54 Å². The van der Waals surface area contributed by atoms with Gasteiger partial charge >= 0.3 is 0 Å². The number of carbonyl (C=O) groups excluding carboxylic acids is 1. The number of rotatable bonds is 3. The van der Waals surface area contributed by atoms with E-state index in [1.165, 1.54) is 0 Å². The van der Waals surface area contributed by atoms with Crippen LogP contribution in [0.3, 0.4) is 0 Å². The normalized spacial score (nSPS) is 27.7. The van der Waals surface area contributed by atoms with E-state index in [-0.39, 0.29) is 17.9 Å². The minimum absolute atomic E-state index is 0.156. The summed E-state index contributed by atoms with van der Waals surface area (Å²) in [5.41, 5.74) is 4.79. The van der Waals surface area contributed by atoms with Gasteiger partial charge < -0.3 is 16.2 Å². The Morgan fingerprint density at radius 1 is 1.57 bits per heavy atom. The summed E-state index contributed by atoms with van der Waals surface area (Å²) in [6, 6.07) is 0. The second-order valence-electron chi connectivity index (χ2n) is 4.69. The van der Waals surface area contributed by atoms with Gasteiger partial charge in [-0.3, -0.25) is 4.79 Å². The number of hydrogen-bond donors (Lipinski definition) is 3. The van der Waals surface area contributed by atoms with Crippen molar-refractivity contribution < 1.29 is 9.90 Å². The first-order valence-electron chi connectivity index (χ1n) is 5.16. The summed E-state index contributed by atoms with van der Waals surface area (Å²) in [7, 11) is 0. The summed E-state index contributed by atoms with van der Waals surface area (Å²) in [4.78, 5) is 11.4. The molecule has 2 atom stereocenters. The van der Waals surface area contributed by atoms with Gasteiger partial charge in [0.2, 0.25) is 5.91 Å². The van der Waals surface area contributed by atoms with E-state index in [4.69, 9.17) is 5.73 Å². The fraction of sp³-hybridized carbons (Fsp3) is 0.900. The van der Waals surface area contributed by atoms with Gasteiger partial charge in [0.25, 0.3) is 0 Å². The van der Waals surface area contributed by atoms with Crippen LogP contribution in [-0.2, 0) is 4.79 Å². The summed E-state index contributed by atoms with van der Waals surface area (Å²) >= 11 is 0. The smallest absolute Gasteiger partial charge is 0.239 e. The molecule has 14 heavy (non-hydrogen) atoms. The Hall–Kier alpha value is -0.610. The number of nitrogens with two attached hydrogens (primary N) is 1. The van der Waals surface area contributed by atoms with E-state index in [2.05, 4.69) is 5.32 Å². The molecule has 0 aromatic rings. The Bertz CT molecular complexity index is 211. The molecule has 0 saturated heterocycles. The van der Waals surface area contributed by atoms with E-state index in [9.17, 15) is 9.90 Å². The highest BCUT2D eigenvalue weighted by Crippen LogP contribution is 2.24. The third-order valence-electron chi connectivity index (χ3n) is 2.73. The van der Waals surface area contributed by atoms with Gasteiger partial charge in [0.1, 0.15) is 0 Å². The van der Waals surface area contributed by atoms with Gasteiger partial charge in [-0.05, 0) is 26.7 Å². The molecule has 0 radical (unpaired) electrons. The maximum absolute atomic E-state index is 11.4. The van der Waals surface area contributed by atoms with E-state index in [1.54, 1.807) is 13.8 Å². The van der Waals surface area contributed by atoms with Crippen LogP contribution in [0.15, 0.2) is 0 Å². The van der Waals surface area contributed by atoms with Crippen LogP contribution in [0.4, 0.5) is 0 Å². The Kier molecular flexibility index (Phi) is 3.50. The van der Waals surface area contributed by atoms with Crippen LogP contribution >= 0.6 is 0 Å². The lowest BCUT2D eigenvalue weighted by Crippen LogP contribution is -2.50. The zero-order chi connectivity index (χ0) is 10.8. The fourth-order valence-corrected chi connectivity index (χ4v) is 1.71. The van der Waals surface area contributed by atoms with Crippen LogP contribution in [-0.4, -0.2) is 29.2 Å². The predicted octanol–water partition coefficient (Wildman–Crippen LogP) is 0.000900. The van der Waals surface area contributed by atoms with Crippen molar-refractivity contribution in [3.05, 3.63) is 0 Å². The number of aliphatic hydroxyl groups is 1. The summed E-state index contributed by atoms with van der Waals surface area (Å²) < 4.78 is 0. The largest absolute Gasteiger partial charge is 0.393 e. The number of hydrogen-bond acceptors (Lipinski definition) is 3. The summed E-state index contributed by atoms with van der Waals surface area (Å²) in [6.07, 6.45) is 2.64. The molecule has 0 bridgehead atoms. The van der Waals surface area contributed by atoms with Gasteiger partial charge in [0, 0.05) is 12.5 Å². The third-order valence-corrected chi connectivity index (χ3v) is 2.73. The van der Waals surface area contributed by atoms with Gasteiger partial charge in [-0.15, -0.1) is 0 Å². The van der Waals surface area contributed by atoms with Gasteiger partial charge in [0.05, 0.1) is 11.6 Å². The lowest BCUT2D eigenvalue weighted by molar-refractivity contribution is -0.125. The first-order valence-corrected chi connectivity index (χ1v) is 5.16. The summed E-state index contributed by atoms with van der Waals surface area (Å²) in [6.45, 7) is 3.89. The highest BCUT2D eigenvalue weighted by atomic mass is 16.3. The van der Waals surface area contributed by atoms with Gasteiger partial charge in [0.15, 0.2) is 0 Å². The zero-order valence-electron chi connectivity index (χ0n) is 8.92. The van der Waals surface area contributed by atoms with Crippen LogP contribution < -0.4 is 11.1 Å². The molecule has 1 aliphatic rings. The maximum Gasteiger partial charge on any atom is 0.239 e. The van der Waals surface area contributed by atoms with Gasteiger partial charge in [-0.1, -0.05) is 6.42 Å². The monoisotopic (exact) mass is 200 g/mol. The molecule has 0 aliphatic heterocycles. The standard InChI is InChI=1S/C10H20N2O2/c1-10(2,11)9(14)12-6-7-4-3-5-8(7)13/h7-8,13H,3-6,11H2,1-2H3,(H,12,14). The molecule has 0 aromatic heterocycles. The molecule has 0 heterocycles. The van der Waals surface area contributed by atoms with E-state index < -0.39 is 5.54 Å². The van der Waals surface area contributed by atoms with Crippen molar-refractivity contribution in [3.63, 3.8) is 0 Å². The topological polar surface area (TPSA) is 75.4 Å². The first kappa shape index (κ1) is 11.5. The van der Waals surface area contributed by atoms with Crippen LogP contribution in [0.25, 0.3) is 0 Å². The van der Waals surface area contributed by atoms with Crippen LogP contribution in [0, 0.1) is 5.92 Å². The number of nitrogens with one attached hydrogen (secondary N) is 1. The molecule has 0 aromatic carbocycles. The van der Waals surface area contributed by atoms with Crippen molar-refractivity contribution >= 4 is 5.91 Å². The van der Waals surface area contributed by atoms with E-state index in [0.717, 1.165) is 19.3 Å². The lowest BCUT2D eigenvalue weighted by Gasteiger charge is -2.21. The quantitative estimate of drug-likeness (QED) is 0.600. The maximum atomic E-state index is 11.4. The average Bonchev–Trinajstić information content (AvgIpc) is 2.45. The molecular formula is C10H20N2O2. The van der Waals surface area contributed by atoms with Crippen molar-refractivity contribution in [1.29, 1.82) is 0 Å². The van der Waals surface area contributed by atoms with Gasteiger partial charge in [-0.25, -0.2) is 0 Å². The first-order chi connectivity index (χ1) is 6.41. The Morgan fingerprint density at radius 3 is 2.64 bits per heavy atom. The highest BCUT2D eigenvalue weighted by Gasteiger charge is 2.27. The van der Waals surface area contributed by atoms with Crippen molar-refractivity contribution in [2.24, 2.45) is 11.7 Å². The second-order valence-corrected chi connectivity index (χ2v) is 4.69. The van der Waals surface area contributed by atoms with E-state index >= 15 is 0 Å². The molecule has 1 aliphatic carbocycles. The van der Waals surface area contributed by atoms with Crippen molar-refractivity contribution in [1.82, 2.24) is 5.32 Å². The number of carbonyl (C=O) groups is 1. The summed E-state index contributed by atoms with van der Waals surface area (Å²) in [5.74, 6) is 0.0536. The predicted molar refractivity (Wildman–Crippen MR) is 54.6 cm³/mol. The summed E-state index contributed by atoms with van der Waals surface area (Å²) in [5, 5.41) is 12.3. The molecule has 82 valence electrons. The lowest BCUT2D eigenvalue weighted by atomic mass is 10.0. The van der Waals surface area contributed by atoms with Crippen molar-refractivity contribution in [2.75, 3.05) is 6.54 Å². The number of amides is 1. The molecule has 2 unspecified atom stereocenters. The Labute approximate surface area is 84.9 Å². The fourth-order valence-electron chi connectivity index (χ4n) is 1.71. The molecule has 1 amide bonds. The molecule has 1 fully saturated rings. The van der Waals surface area contributed by atoms with Crippen LogP contribution in [0.2, 0.25) is 0 Å². The van der Waals surface area contributed by atoms with Crippen molar-refractivity contribution in [3.8, 4) is 0 Å². The highest BCUT2D eigenvalue weighted by molar-refractivity contribution is 5.84. The Morgan fingerprint density at radius 2 is 2.21 bits per heavy atom. The van der Waals surface area contributed by atoms with Crippen molar-refractivity contribution in [2.45, 2.75) is 44.8 Å². The van der Waals surface area contributed by atoms with E-state index in [1.807, 2.05) is 0 Å². The number of aliphatic hydroxyl groups excluding tert-OH is 1. The molecule has 4 heteroatoms. The molecular weight excluding hydrogens is 180 g/mol. The van der Waals surface area contributed by atoms with Gasteiger partial charge in [-0.2, -0.15) is 0 Å². The second kappa shape index (κ2) is 4.28. The van der Waals surface area contributed by atoms with Crippen LogP contribution in [0.1, 0.15) is 33.1 Å². The SMILES string of the molecule is CC(C)(N)C(=O)NCC1CCCC1O. The minimum Gasteiger partial charge on any atom is -0.393 e. The molecule has 1 saturated carbocycles. The molecule has 1 rings (SSSR count). The average molecular weight is 200 g/mol. The molecule has 0 spiro atoms. The zero-order valence-corrected chi connectivity index (χ0v) is 8.92. The Balaban J connectivity index is 2.30. The van der Waals surface area contributed by atoms with Crippen LogP contribution in [0.5, 0.6) is 0 Å². The minimum atomic E-state index is -0.830.